The van der Waals surface area contributed by atoms with Gasteiger partial charge in [0.05, 0.1) is 19.4 Å². The highest BCUT2D eigenvalue weighted by atomic mass is 19.3. The number of carbonyl (C=O) groups is 2. The summed E-state index contributed by atoms with van der Waals surface area (Å²) in [7, 11) is 1.55. The number of urea groups is 1. The van der Waals surface area contributed by atoms with E-state index in [1.807, 2.05) is 0 Å². The van der Waals surface area contributed by atoms with Gasteiger partial charge in [-0.2, -0.15) is 8.78 Å². The summed E-state index contributed by atoms with van der Waals surface area (Å²) in [6.45, 7) is -2.73. The predicted molar refractivity (Wildman–Crippen MR) is 100 cm³/mol. The standard InChI is InChI=1S/C20H21F2N3O5/c1-29-13-6-5-11-9-25(16(26)15(11)8-13)10-20(17(27)23-19(28)24-20)12-3-2-4-14(7-12)30-18(21)22/h2-4,7-8,17-18,27H,5-6,9-10H2,1H3,(H2,23,24,28). The number of amides is 3. The number of rotatable bonds is 6. The minimum Gasteiger partial charge on any atom is -0.501 e. The molecule has 10 heteroatoms. The Morgan fingerprint density at radius 1 is 1.33 bits per heavy atom. The Kier molecular flexibility index (Phi) is 5.10. The van der Waals surface area contributed by atoms with E-state index in [0.29, 0.717) is 36.3 Å². The number of nitrogens with one attached hydrogen (secondary N) is 2. The van der Waals surface area contributed by atoms with Crippen LogP contribution in [0.1, 0.15) is 18.4 Å². The lowest BCUT2D eigenvalue weighted by molar-refractivity contribution is -0.126. The fourth-order valence-corrected chi connectivity index (χ4v) is 4.13. The molecular formula is C20H21F2N3O5. The van der Waals surface area contributed by atoms with E-state index in [1.54, 1.807) is 19.3 Å². The Labute approximate surface area is 171 Å². The number of benzene rings is 1. The summed E-state index contributed by atoms with van der Waals surface area (Å²) in [5, 5.41) is 15.7. The van der Waals surface area contributed by atoms with E-state index in [1.165, 1.54) is 23.1 Å². The van der Waals surface area contributed by atoms with E-state index in [4.69, 9.17) is 4.74 Å². The molecule has 3 aliphatic rings. The van der Waals surface area contributed by atoms with Crippen LogP contribution in [0.5, 0.6) is 5.75 Å². The fraction of sp³-hybridized carbons (Fsp3) is 0.400. The van der Waals surface area contributed by atoms with Crippen molar-refractivity contribution < 1.29 is 33.0 Å². The summed E-state index contributed by atoms with van der Waals surface area (Å²) in [6, 6.07) is 5.09. The van der Waals surface area contributed by atoms with Crippen molar-refractivity contribution >= 4 is 11.9 Å². The summed E-state index contributed by atoms with van der Waals surface area (Å²) >= 11 is 0. The second kappa shape index (κ2) is 7.60. The highest BCUT2D eigenvalue weighted by Crippen LogP contribution is 2.36. The van der Waals surface area contributed by atoms with Crippen molar-refractivity contribution in [3.05, 3.63) is 52.8 Å². The molecule has 1 fully saturated rings. The minimum absolute atomic E-state index is 0.0625. The van der Waals surface area contributed by atoms with E-state index in [-0.39, 0.29) is 18.2 Å². The van der Waals surface area contributed by atoms with E-state index in [0.717, 1.165) is 5.57 Å². The second-order valence-corrected chi connectivity index (χ2v) is 7.37. The van der Waals surface area contributed by atoms with Crippen LogP contribution in [0.25, 0.3) is 0 Å². The third-order valence-corrected chi connectivity index (χ3v) is 5.61. The van der Waals surface area contributed by atoms with Gasteiger partial charge in [0, 0.05) is 18.5 Å². The van der Waals surface area contributed by atoms with Gasteiger partial charge < -0.3 is 30.1 Å². The lowest BCUT2D eigenvalue weighted by atomic mass is 9.88. The topological polar surface area (TPSA) is 100 Å². The van der Waals surface area contributed by atoms with Gasteiger partial charge >= 0.3 is 12.6 Å². The molecule has 1 saturated heterocycles. The van der Waals surface area contributed by atoms with Gasteiger partial charge in [-0.3, -0.25) is 4.79 Å². The zero-order chi connectivity index (χ0) is 21.5. The minimum atomic E-state index is -3.02. The van der Waals surface area contributed by atoms with Crippen LogP contribution in [0.3, 0.4) is 0 Å². The third-order valence-electron chi connectivity index (χ3n) is 5.61. The Balaban J connectivity index is 1.65. The van der Waals surface area contributed by atoms with Crippen molar-refractivity contribution in [1.82, 2.24) is 15.5 Å². The Morgan fingerprint density at radius 3 is 2.80 bits per heavy atom. The first kappa shape index (κ1) is 20.1. The largest absolute Gasteiger partial charge is 0.501 e. The highest BCUT2D eigenvalue weighted by Gasteiger charge is 2.50. The molecule has 2 aliphatic heterocycles. The van der Waals surface area contributed by atoms with Gasteiger partial charge in [-0.1, -0.05) is 12.1 Å². The molecule has 1 aromatic rings. The molecule has 160 valence electrons. The zero-order valence-corrected chi connectivity index (χ0v) is 16.2. The van der Waals surface area contributed by atoms with Gasteiger partial charge in [-0.05, 0) is 35.8 Å². The van der Waals surface area contributed by atoms with Crippen molar-refractivity contribution in [3.63, 3.8) is 0 Å². The number of aliphatic hydroxyl groups excluding tert-OH is 1. The molecule has 0 radical (unpaired) electrons. The van der Waals surface area contributed by atoms with Crippen LogP contribution in [0.15, 0.2) is 47.2 Å². The highest BCUT2D eigenvalue weighted by molar-refractivity contribution is 6.00. The van der Waals surface area contributed by atoms with Gasteiger partial charge in [0.1, 0.15) is 11.3 Å². The van der Waals surface area contributed by atoms with Crippen LogP contribution < -0.4 is 15.4 Å². The van der Waals surface area contributed by atoms with Crippen molar-refractivity contribution in [2.24, 2.45) is 0 Å². The molecule has 3 amide bonds. The number of allylic oxidation sites excluding steroid dienone is 1. The Morgan fingerprint density at radius 2 is 2.13 bits per heavy atom. The molecule has 0 aromatic heterocycles. The molecule has 2 atom stereocenters. The number of hydrogen-bond donors (Lipinski definition) is 3. The van der Waals surface area contributed by atoms with E-state index in [9.17, 15) is 23.5 Å². The molecule has 1 aliphatic carbocycles. The lowest BCUT2D eigenvalue weighted by Crippen LogP contribution is -2.55. The van der Waals surface area contributed by atoms with Crippen LogP contribution >= 0.6 is 0 Å². The summed E-state index contributed by atoms with van der Waals surface area (Å²) in [5.41, 5.74) is 0.404. The average Bonchev–Trinajstić information content (AvgIpc) is 3.17. The average molecular weight is 421 g/mol. The summed E-state index contributed by atoms with van der Waals surface area (Å²) < 4.78 is 35.0. The quantitative estimate of drug-likeness (QED) is 0.648. The van der Waals surface area contributed by atoms with Gasteiger partial charge in [-0.15, -0.1) is 0 Å². The van der Waals surface area contributed by atoms with Gasteiger partial charge in [-0.25, -0.2) is 4.79 Å². The first-order chi connectivity index (χ1) is 14.3. The van der Waals surface area contributed by atoms with Crippen molar-refractivity contribution in [3.8, 4) is 5.75 Å². The van der Waals surface area contributed by atoms with Crippen LogP contribution in [0, 0.1) is 0 Å². The van der Waals surface area contributed by atoms with Crippen molar-refractivity contribution in [2.75, 3.05) is 20.2 Å². The molecule has 3 N–H and O–H groups in total. The molecule has 30 heavy (non-hydrogen) atoms. The van der Waals surface area contributed by atoms with Crippen LogP contribution in [-0.2, 0) is 15.1 Å². The number of methoxy groups -OCH3 is 1. The molecule has 1 aromatic carbocycles. The number of ether oxygens (including phenoxy) is 2. The molecule has 4 rings (SSSR count). The maximum Gasteiger partial charge on any atom is 0.387 e. The van der Waals surface area contributed by atoms with Gasteiger partial charge in [0.2, 0.25) is 0 Å². The van der Waals surface area contributed by atoms with Crippen LogP contribution in [0.4, 0.5) is 13.6 Å². The van der Waals surface area contributed by atoms with E-state index < -0.39 is 24.4 Å². The van der Waals surface area contributed by atoms with E-state index >= 15 is 0 Å². The number of nitrogens with zero attached hydrogens (tertiary/aromatic N) is 1. The summed E-state index contributed by atoms with van der Waals surface area (Å²) in [4.78, 5) is 26.5. The molecule has 8 nitrogen and oxygen atoms in total. The zero-order valence-electron chi connectivity index (χ0n) is 16.2. The first-order valence-corrected chi connectivity index (χ1v) is 9.40. The van der Waals surface area contributed by atoms with Gasteiger partial charge in [0.15, 0.2) is 6.23 Å². The SMILES string of the molecule is COC1=CC2=C(CC1)CN(CC1(c3cccc(OC(F)F)c3)NC(=O)NC1O)C2=O. The second-order valence-electron chi connectivity index (χ2n) is 7.37. The van der Waals surface area contributed by atoms with Crippen LogP contribution in [0.2, 0.25) is 0 Å². The smallest absolute Gasteiger partial charge is 0.387 e. The molecule has 0 bridgehead atoms. The molecule has 2 unspecified atom stereocenters. The van der Waals surface area contributed by atoms with E-state index in [2.05, 4.69) is 15.4 Å². The maximum atomic E-state index is 13.0. The fourth-order valence-electron chi connectivity index (χ4n) is 4.13. The number of alkyl halides is 2. The first-order valence-electron chi connectivity index (χ1n) is 9.40. The summed E-state index contributed by atoms with van der Waals surface area (Å²) in [5.74, 6) is 0.353. The molecule has 2 heterocycles. The molecular weight excluding hydrogens is 400 g/mol. The van der Waals surface area contributed by atoms with Crippen LogP contribution in [-0.4, -0.2) is 55.0 Å². The number of halogens is 2. The summed E-state index contributed by atoms with van der Waals surface area (Å²) in [6.07, 6.45) is 1.69. The monoisotopic (exact) mass is 421 g/mol. The number of hydrogen-bond acceptors (Lipinski definition) is 5. The number of aliphatic hydroxyl groups is 1. The Bertz CT molecular complexity index is 948. The van der Waals surface area contributed by atoms with Crippen molar-refractivity contribution in [1.29, 1.82) is 0 Å². The van der Waals surface area contributed by atoms with Gasteiger partial charge in [0.25, 0.3) is 5.91 Å². The third kappa shape index (κ3) is 3.47. The number of carbonyl (C=O) groups excluding carboxylic acids is 2. The lowest BCUT2D eigenvalue weighted by Gasteiger charge is -2.35. The predicted octanol–water partition coefficient (Wildman–Crippen LogP) is 1.58. The molecule has 0 saturated carbocycles. The van der Waals surface area contributed by atoms with Crippen molar-refractivity contribution in [2.45, 2.75) is 31.2 Å². The maximum absolute atomic E-state index is 13.0. The normalized spacial score (nSPS) is 25.8. The molecule has 0 spiro atoms. The Hall–Kier alpha value is -3.14.